The van der Waals surface area contributed by atoms with Gasteiger partial charge in [-0.25, -0.2) is 4.79 Å². The van der Waals surface area contributed by atoms with Crippen molar-refractivity contribution in [2.75, 3.05) is 12.0 Å². The van der Waals surface area contributed by atoms with Crippen LogP contribution in [0.25, 0.3) is 0 Å². The SMILES string of the molecule is CCC(CSC)NC(=O)OCc1ccccc1. The lowest BCUT2D eigenvalue weighted by atomic mass is 10.2. The third-order valence-electron chi connectivity index (χ3n) is 2.40. The van der Waals surface area contributed by atoms with Gasteiger partial charge in [-0.3, -0.25) is 0 Å². The molecule has 0 aromatic heterocycles. The number of nitrogens with one attached hydrogen (secondary N) is 1. The number of hydrogen-bond acceptors (Lipinski definition) is 3. The Labute approximate surface area is 107 Å². The molecule has 3 nitrogen and oxygen atoms in total. The summed E-state index contributed by atoms with van der Waals surface area (Å²) in [7, 11) is 0. The summed E-state index contributed by atoms with van der Waals surface area (Å²) in [6.07, 6.45) is 2.61. The van der Waals surface area contributed by atoms with Gasteiger partial charge in [0.1, 0.15) is 6.61 Å². The van der Waals surface area contributed by atoms with E-state index in [0.717, 1.165) is 17.7 Å². The number of carbonyl (C=O) groups excluding carboxylic acids is 1. The Morgan fingerprint density at radius 3 is 2.71 bits per heavy atom. The highest BCUT2D eigenvalue weighted by atomic mass is 32.2. The van der Waals surface area contributed by atoms with Gasteiger partial charge in [-0.2, -0.15) is 11.8 Å². The first kappa shape index (κ1) is 13.9. The molecule has 1 atom stereocenters. The second kappa shape index (κ2) is 8.01. The maximum atomic E-state index is 11.5. The summed E-state index contributed by atoms with van der Waals surface area (Å²) in [5.41, 5.74) is 1.00. The molecule has 94 valence electrons. The third-order valence-corrected chi connectivity index (χ3v) is 3.13. The Kier molecular flexibility index (Phi) is 6.55. The highest BCUT2D eigenvalue weighted by Gasteiger charge is 2.10. The fourth-order valence-corrected chi connectivity index (χ4v) is 2.12. The number of carbonyl (C=O) groups is 1. The standard InChI is InChI=1S/C13H19NO2S/c1-3-12(10-17-2)14-13(15)16-9-11-7-5-4-6-8-11/h4-8,12H,3,9-10H2,1-2H3,(H,14,15). The van der Waals surface area contributed by atoms with Gasteiger partial charge < -0.3 is 10.1 Å². The summed E-state index contributed by atoms with van der Waals surface area (Å²) in [5.74, 6) is 0.914. The normalized spacial score (nSPS) is 11.9. The van der Waals surface area contributed by atoms with Gasteiger partial charge >= 0.3 is 6.09 Å². The summed E-state index contributed by atoms with van der Waals surface area (Å²) in [6, 6.07) is 9.86. The quantitative estimate of drug-likeness (QED) is 0.846. The van der Waals surface area contributed by atoms with E-state index in [1.165, 1.54) is 0 Å². The van der Waals surface area contributed by atoms with Crippen LogP contribution in [-0.4, -0.2) is 24.1 Å². The van der Waals surface area contributed by atoms with E-state index in [9.17, 15) is 4.79 Å². The van der Waals surface area contributed by atoms with Crippen LogP contribution in [0.5, 0.6) is 0 Å². The zero-order valence-electron chi connectivity index (χ0n) is 10.3. The molecule has 0 saturated carbocycles. The van der Waals surface area contributed by atoms with Gasteiger partial charge in [0.2, 0.25) is 0 Å². The van der Waals surface area contributed by atoms with E-state index in [1.807, 2.05) is 36.6 Å². The van der Waals surface area contributed by atoms with Gasteiger partial charge in [-0.05, 0) is 18.2 Å². The smallest absolute Gasteiger partial charge is 0.407 e. The van der Waals surface area contributed by atoms with Crippen molar-refractivity contribution in [1.29, 1.82) is 0 Å². The van der Waals surface area contributed by atoms with Crippen molar-refractivity contribution in [3.8, 4) is 0 Å². The van der Waals surface area contributed by atoms with Gasteiger partial charge in [0.15, 0.2) is 0 Å². The van der Waals surface area contributed by atoms with E-state index in [-0.39, 0.29) is 12.1 Å². The lowest BCUT2D eigenvalue weighted by Crippen LogP contribution is -2.36. The van der Waals surface area contributed by atoms with Crippen LogP contribution < -0.4 is 5.32 Å². The van der Waals surface area contributed by atoms with E-state index in [0.29, 0.717) is 6.61 Å². The van der Waals surface area contributed by atoms with Crippen LogP contribution in [0.15, 0.2) is 30.3 Å². The Morgan fingerprint density at radius 2 is 2.12 bits per heavy atom. The van der Waals surface area contributed by atoms with Gasteiger partial charge in [0.25, 0.3) is 0 Å². The Bertz CT molecular complexity index is 329. The summed E-state index contributed by atoms with van der Waals surface area (Å²) in [5, 5.41) is 2.86. The lowest BCUT2D eigenvalue weighted by molar-refractivity contribution is 0.136. The van der Waals surface area contributed by atoms with E-state index >= 15 is 0 Å². The first-order chi connectivity index (χ1) is 8.26. The van der Waals surface area contributed by atoms with Gasteiger partial charge in [0, 0.05) is 11.8 Å². The second-order valence-electron chi connectivity index (χ2n) is 3.77. The molecule has 0 aliphatic heterocycles. The maximum Gasteiger partial charge on any atom is 0.407 e. The molecule has 1 aromatic rings. The minimum absolute atomic E-state index is 0.188. The maximum absolute atomic E-state index is 11.5. The number of ether oxygens (including phenoxy) is 1. The minimum Gasteiger partial charge on any atom is -0.445 e. The monoisotopic (exact) mass is 253 g/mol. The van der Waals surface area contributed by atoms with Gasteiger partial charge in [-0.1, -0.05) is 37.3 Å². The fourth-order valence-electron chi connectivity index (χ4n) is 1.39. The second-order valence-corrected chi connectivity index (χ2v) is 4.68. The van der Waals surface area contributed by atoms with Crippen LogP contribution in [0.3, 0.4) is 0 Å². The highest BCUT2D eigenvalue weighted by Crippen LogP contribution is 2.03. The van der Waals surface area contributed by atoms with Crippen molar-refractivity contribution in [3.63, 3.8) is 0 Å². The fraction of sp³-hybridized carbons (Fsp3) is 0.462. The van der Waals surface area contributed by atoms with Crippen LogP contribution in [0.4, 0.5) is 4.79 Å². The summed E-state index contributed by atoms with van der Waals surface area (Å²) in [6.45, 7) is 2.38. The Hall–Kier alpha value is -1.16. The molecular formula is C13H19NO2S. The Morgan fingerprint density at radius 1 is 1.41 bits per heavy atom. The van der Waals surface area contributed by atoms with Gasteiger partial charge in [0.05, 0.1) is 0 Å². The molecule has 4 heteroatoms. The van der Waals surface area contributed by atoms with Crippen LogP contribution in [-0.2, 0) is 11.3 Å². The molecule has 0 bridgehead atoms. The summed E-state index contributed by atoms with van der Waals surface area (Å²) >= 11 is 1.72. The molecule has 0 fully saturated rings. The molecule has 1 N–H and O–H groups in total. The molecule has 1 unspecified atom stereocenters. The zero-order valence-corrected chi connectivity index (χ0v) is 11.1. The van der Waals surface area contributed by atoms with Crippen LogP contribution in [0.2, 0.25) is 0 Å². The van der Waals surface area contributed by atoms with Gasteiger partial charge in [-0.15, -0.1) is 0 Å². The van der Waals surface area contributed by atoms with E-state index < -0.39 is 0 Å². The number of thioether (sulfide) groups is 1. The lowest BCUT2D eigenvalue weighted by Gasteiger charge is -2.15. The van der Waals surface area contributed by atoms with Crippen molar-refractivity contribution < 1.29 is 9.53 Å². The first-order valence-corrected chi connectivity index (χ1v) is 7.11. The van der Waals surface area contributed by atoms with E-state index in [4.69, 9.17) is 4.74 Å². The molecular weight excluding hydrogens is 234 g/mol. The molecule has 0 saturated heterocycles. The van der Waals surface area contributed by atoms with Crippen molar-refractivity contribution in [2.45, 2.75) is 26.0 Å². The number of amides is 1. The van der Waals surface area contributed by atoms with Crippen molar-refractivity contribution in [2.24, 2.45) is 0 Å². The van der Waals surface area contributed by atoms with Crippen molar-refractivity contribution in [1.82, 2.24) is 5.32 Å². The number of benzene rings is 1. The first-order valence-electron chi connectivity index (χ1n) is 5.72. The van der Waals surface area contributed by atoms with E-state index in [1.54, 1.807) is 11.8 Å². The van der Waals surface area contributed by atoms with E-state index in [2.05, 4.69) is 12.2 Å². The van der Waals surface area contributed by atoms with Crippen molar-refractivity contribution >= 4 is 17.9 Å². The minimum atomic E-state index is -0.338. The molecule has 0 heterocycles. The Balaban J connectivity index is 2.30. The average molecular weight is 253 g/mol. The number of hydrogen-bond donors (Lipinski definition) is 1. The predicted molar refractivity (Wildman–Crippen MR) is 72.2 cm³/mol. The third kappa shape index (κ3) is 5.63. The van der Waals surface area contributed by atoms with Crippen molar-refractivity contribution in [3.05, 3.63) is 35.9 Å². The van der Waals surface area contributed by atoms with Crippen LogP contribution in [0.1, 0.15) is 18.9 Å². The topological polar surface area (TPSA) is 38.3 Å². The largest absolute Gasteiger partial charge is 0.445 e. The highest BCUT2D eigenvalue weighted by molar-refractivity contribution is 7.98. The molecule has 0 aliphatic carbocycles. The number of alkyl carbamates (subject to hydrolysis) is 1. The number of rotatable bonds is 6. The van der Waals surface area contributed by atoms with Crippen LogP contribution >= 0.6 is 11.8 Å². The molecule has 1 aromatic carbocycles. The molecule has 17 heavy (non-hydrogen) atoms. The summed E-state index contributed by atoms with van der Waals surface area (Å²) < 4.78 is 5.15. The molecule has 0 aliphatic rings. The molecule has 0 spiro atoms. The van der Waals surface area contributed by atoms with Crippen LogP contribution in [0, 0.1) is 0 Å². The predicted octanol–water partition coefficient (Wildman–Crippen LogP) is 3.05. The molecule has 0 radical (unpaired) electrons. The molecule has 1 amide bonds. The average Bonchev–Trinajstić information content (AvgIpc) is 2.37. The molecule has 1 rings (SSSR count). The summed E-state index contributed by atoms with van der Waals surface area (Å²) in [4.78, 5) is 11.5. The zero-order chi connectivity index (χ0) is 12.5.